The molecule has 6 nitrogen and oxygen atoms in total. The Hall–Kier alpha value is -1.99. The van der Waals surface area contributed by atoms with Gasteiger partial charge >= 0.3 is 0 Å². The van der Waals surface area contributed by atoms with Crippen LogP contribution in [0.3, 0.4) is 0 Å². The van der Waals surface area contributed by atoms with Crippen molar-refractivity contribution in [2.45, 2.75) is 19.1 Å². The predicted molar refractivity (Wildman–Crippen MR) is 70.7 cm³/mol. The van der Waals surface area contributed by atoms with Crippen molar-refractivity contribution in [3.05, 3.63) is 41.7 Å². The van der Waals surface area contributed by atoms with Crippen LogP contribution >= 0.6 is 11.6 Å². The molecule has 0 saturated carbocycles. The zero-order valence-electron chi connectivity index (χ0n) is 10.5. The number of amides is 1. The number of aromatic nitrogens is 3. The zero-order chi connectivity index (χ0) is 14.8. The topological polar surface area (TPSA) is 80.0 Å². The van der Waals surface area contributed by atoms with Crippen molar-refractivity contribution in [2.24, 2.45) is 0 Å². The number of carbonyl (C=O) groups excluding carboxylic acids is 1. The van der Waals surface area contributed by atoms with Crippen LogP contribution in [0.15, 0.2) is 30.9 Å². The second-order valence-electron chi connectivity index (χ2n) is 4.48. The summed E-state index contributed by atoms with van der Waals surface area (Å²) in [5.41, 5.74) is -1.41. The molecule has 0 radical (unpaired) electrons. The van der Waals surface area contributed by atoms with Crippen molar-refractivity contribution < 1.29 is 14.3 Å². The normalized spacial score (nSPS) is 13.8. The first kappa shape index (κ1) is 14.4. The summed E-state index contributed by atoms with van der Waals surface area (Å²) in [5.74, 6) is -1.21. The summed E-state index contributed by atoms with van der Waals surface area (Å²) in [4.78, 5) is 15.8. The van der Waals surface area contributed by atoms with Crippen LogP contribution in [0, 0.1) is 5.82 Å². The minimum atomic E-state index is -1.76. The minimum absolute atomic E-state index is 0.184. The summed E-state index contributed by atoms with van der Waals surface area (Å²) in [6, 6.07) is 1.50. The number of halogens is 2. The highest BCUT2D eigenvalue weighted by Crippen LogP contribution is 2.16. The molecule has 2 rings (SSSR count). The molecule has 0 bridgehead atoms. The molecule has 106 valence electrons. The predicted octanol–water partition coefficient (Wildman–Crippen LogP) is 1.46. The second kappa shape index (κ2) is 5.56. The molecule has 0 spiro atoms. The number of carbonyl (C=O) groups is 1. The van der Waals surface area contributed by atoms with Crippen LogP contribution in [0.5, 0.6) is 0 Å². The summed E-state index contributed by atoms with van der Waals surface area (Å²) in [7, 11) is 0. The van der Waals surface area contributed by atoms with Gasteiger partial charge in [-0.25, -0.2) is 4.39 Å². The third kappa shape index (κ3) is 3.52. The van der Waals surface area contributed by atoms with E-state index in [1.165, 1.54) is 25.4 Å². The molecule has 0 aliphatic carbocycles. The van der Waals surface area contributed by atoms with E-state index in [4.69, 9.17) is 11.6 Å². The van der Waals surface area contributed by atoms with E-state index in [9.17, 15) is 14.3 Å². The lowest BCUT2D eigenvalue weighted by molar-refractivity contribution is -0.133. The van der Waals surface area contributed by atoms with Crippen molar-refractivity contribution in [3.63, 3.8) is 0 Å². The fourth-order valence-corrected chi connectivity index (χ4v) is 1.73. The van der Waals surface area contributed by atoms with Crippen molar-refractivity contribution in [1.82, 2.24) is 14.8 Å². The lowest BCUT2D eigenvalue weighted by Crippen LogP contribution is -2.43. The van der Waals surface area contributed by atoms with Gasteiger partial charge in [0.15, 0.2) is 11.4 Å². The Morgan fingerprint density at radius 1 is 1.55 bits per heavy atom. The molecular weight excluding hydrogens is 287 g/mol. The molecule has 0 aliphatic rings. The Balaban J connectivity index is 2.07. The van der Waals surface area contributed by atoms with E-state index in [0.717, 1.165) is 17.1 Å². The number of nitrogens with one attached hydrogen (secondary N) is 1. The van der Waals surface area contributed by atoms with Gasteiger partial charge in [0.2, 0.25) is 0 Å². The molecule has 2 aromatic rings. The molecule has 1 amide bonds. The van der Waals surface area contributed by atoms with Crippen LogP contribution < -0.4 is 5.32 Å². The minimum Gasteiger partial charge on any atom is -0.378 e. The summed E-state index contributed by atoms with van der Waals surface area (Å²) in [5, 5.41) is 16.6. The molecule has 1 atom stereocenters. The summed E-state index contributed by atoms with van der Waals surface area (Å²) in [6.07, 6.45) is 4.90. The Morgan fingerprint density at radius 2 is 2.30 bits per heavy atom. The first-order valence-electron chi connectivity index (χ1n) is 5.69. The average Bonchev–Trinajstić information content (AvgIpc) is 2.74. The Kier molecular flexibility index (Phi) is 4.01. The third-order valence-electron chi connectivity index (χ3n) is 2.52. The molecule has 0 aromatic carbocycles. The summed E-state index contributed by atoms with van der Waals surface area (Å²) >= 11 is 5.74. The molecule has 1 unspecified atom stereocenters. The van der Waals surface area contributed by atoms with Gasteiger partial charge < -0.3 is 10.4 Å². The highest BCUT2D eigenvalue weighted by molar-refractivity contribution is 6.30. The fourth-order valence-electron chi connectivity index (χ4n) is 1.56. The standard InChI is InChI=1S/C12H12ClFN4O2/c1-12(20,7-18-6-9(14)4-16-18)11(19)17-10-2-8(13)3-15-5-10/h2-6,20H,7H2,1H3,(H,17,19). The van der Waals surface area contributed by atoms with Crippen LogP contribution in [0.25, 0.3) is 0 Å². The smallest absolute Gasteiger partial charge is 0.258 e. The average molecular weight is 299 g/mol. The van der Waals surface area contributed by atoms with Crippen molar-refractivity contribution in [1.29, 1.82) is 0 Å². The van der Waals surface area contributed by atoms with Gasteiger partial charge in [-0.05, 0) is 13.0 Å². The van der Waals surface area contributed by atoms with E-state index in [-0.39, 0.29) is 6.54 Å². The Morgan fingerprint density at radius 3 is 2.90 bits per heavy atom. The van der Waals surface area contributed by atoms with Crippen LogP contribution in [-0.2, 0) is 11.3 Å². The number of rotatable bonds is 4. The Labute approximate surface area is 119 Å². The number of hydrogen-bond donors (Lipinski definition) is 2. The van der Waals surface area contributed by atoms with E-state index in [2.05, 4.69) is 15.4 Å². The maximum atomic E-state index is 12.8. The SMILES string of the molecule is CC(O)(Cn1cc(F)cn1)C(=O)Nc1cncc(Cl)c1. The van der Waals surface area contributed by atoms with Gasteiger partial charge in [-0.15, -0.1) is 0 Å². The highest BCUT2D eigenvalue weighted by Gasteiger charge is 2.31. The summed E-state index contributed by atoms with van der Waals surface area (Å²) in [6.45, 7) is 1.12. The Bertz CT molecular complexity index is 629. The molecule has 2 N–H and O–H groups in total. The van der Waals surface area contributed by atoms with Crippen LogP contribution in [0.4, 0.5) is 10.1 Å². The van der Waals surface area contributed by atoms with Gasteiger partial charge in [0.25, 0.3) is 5.91 Å². The monoisotopic (exact) mass is 298 g/mol. The molecule has 0 saturated heterocycles. The van der Waals surface area contributed by atoms with Gasteiger partial charge in [-0.3, -0.25) is 14.5 Å². The molecule has 2 heterocycles. The van der Waals surface area contributed by atoms with E-state index in [1.54, 1.807) is 0 Å². The van der Waals surface area contributed by atoms with E-state index >= 15 is 0 Å². The van der Waals surface area contributed by atoms with Crippen molar-refractivity contribution in [3.8, 4) is 0 Å². The van der Waals surface area contributed by atoms with E-state index in [0.29, 0.717) is 10.7 Å². The largest absolute Gasteiger partial charge is 0.378 e. The van der Waals surface area contributed by atoms with E-state index < -0.39 is 17.3 Å². The van der Waals surface area contributed by atoms with Crippen molar-refractivity contribution >= 4 is 23.2 Å². The molecule has 8 heteroatoms. The maximum absolute atomic E-state index is 12.8. The van der Waals surface area contributed by atoms with E-state index in [1.807, 2.05) is 0 Å². The number of nitrogens with zero attached hydrogens (tertiary/aromatic N) is 3. The maximum Gasteiger partial charge on any atom is 0.258 e. The van der Waals surface area contributed by atoms with Crippen LogP contribution in [0.1, 0.15) is 6.92 Å². The molecular formula is C12H12ClFN4O2. The zero-order valence-corrected chi connectivity index (χ0v) is 11.3. The highest BCUT2D eigenvalue weighted by atomic mass is 35.5. The quantitative estimate of drug-likeness (QED) is 0.895. The number of anilines is 1. The lowest BCUT2D eigenvalue weighted by Gasteiger charge is -2.22. The van der Waals surface area contributed by atoms with Gasteiger partial charge in [0.1, 0.15) is 0 Å². The van der Waals surface area contributed by atoms with Gasteiger partial charge in [0, 0.05) is 6.20 Å². The van der Waals surface area contributed by atoms with Crippen molar-refractivity contribution in [2.75, 3.05) is 5.32 Å². The van der Waals surface area contributed by atoms with Gasteiger partial charge in [0.05, 0.1) is 35.8 Å². The third-order valence-corrected chi connectivity index (χ3v) is 2.73. The number of hydrogen-bond acceptors (Lipinski definition) is 4. The molecule has 2 aromatic heterocycles. The second-order valence-corrected chi connectivity index (χ2v) is 4.91. The number of pyridine rings is 1. The van der Waals surface area contributed by atoms with Crippen LogP contribution in [-0.4, -0.2) is 31.4 Å². The lowest BCUT2D eigenvalue weighted by atomic mass is 10.1. The van der Waals surface area contributed by atoms with Crippen LogP contribution in [0.2, 0.25) is 5.02 Å². The summed E-state index contributed by atoms with van der Waals surface area (Å²) < 4.78 is 14.0. The fraction of sp³-hybridized carbons (Fsp3) is 0.250. The van der Waals surface area contributed by atoms with Gasteiger partial charge in [-0.1, -0.05) is 11.6 Å². The first-order valence-corrected chi connectivity index (χ1v) is 6.07. The molecule has 0 aliphatic heterocycles. The van der Waals surface area contributed by atoms with Gasteiger partial charge in [-0.2, -0.15) is 5.10 Å². The molecule has 20 heavy (non-hydrogen) atoms. The first-order chi connectivity index (χ1) is 9.37. The number of aliphatic hydroxyl groups is 1. The molecule has 0 fully saturated rings.